The standard InChI is InChI=1S/C21H21N5O2/c27-21(24-16-5-8-28-9-6-16)17-13-26(19-2-1-7-22-20(17)19)12-14-3-4-18-15(10-14)11-23-25-18/h1-4,7,10-11,13,16H,5-6,8-9,12H2,(H,23,25)(H,24,27). The highest BCUT2D eigenvalue weighted by Gasteiger charge is 2.21. The summed E-state index contributed by atoms with van der Waals surface area (Å²) < 4.78 is 7.46. The highest BCUT2D eigenvalue weighted by molar-refractivity contribution is 6.05. The third-order valence-electron chi connectivity index (χ3n) is 5.29. The molecule has 142 valence electrons. The molecule has 7 nitrogen and oxygen atoms in total. The number of pyridine rings is 1. The van der Waals surface area contributed by atoms with E-state index in [9.17, 15) is 4.79 Å². The van der Waals surface area contributed by atoms with Crippen molar-refractivity contribution in [2.75, 3.05) is 13.2 Å². The van der Waals surface area contributed by atoms with Gasteiger partial charge in [-0.25, -0.2) is 0 Å². The minimum Gasteiger partial charge on any atom is -0.381 e. The molecule has 0 saturated carbocycles. The lowest BCUT2D eigenvalue weighted by Gasteiger charge is -2.22. The number of benzene rings is 1. The molecule has 1 aliphatic heterocycles. The first-order valence-electron chi connectivity index (χ1n) is 9.52. The van der Waals surface area contributed by atoms with Gasteiger partial charge in [0.05, 0.1) is 22.8 Å². The number of ether oxygens (including phenoxy) is 1. The molecule has 2 N–H and O–H groups in total. The van der Waals surface area contributed by atoms with E-state index in [2.05, 4.69) is 37.2 Å². The predicted molar refractivity (Wildman–Crippen MR) is 106 cm³/mol. The minimum absolute atomic E-state index is 0.0698. The van der Waals surface area contributed by atoms with Crippen molar-refractivity contribution in [1.82, 2.24) is 25.1 Å². The number of amides is 1. The van der Waals surface area contributed by atoms with Crippen LogP contribution < -0.4 is 5.32 Å². The van der Waals surface area contributed by atoms with E-state index in [0.717, 1.165) is 40.3 Å². The second-order valence-corrected chi connectivity index (χ2v) is 7.19. The van der Waals surface area contributed by atoms with Crippen LogP contribution in [0.1, 0.15) is 28.8 Å². The Balaban J connectivity index is 1.46. The average Bonchev–Trinajstić information content (AvgIpc) is 3.33. The summed E-state index contributed by atoms with van der Waals surface area (Å²) in [5.41, 5.74) is 4.46. The number of rotatable bonds is 4. The smallest absolute Gasteiger partial charge is 0.255 e. The lowest BCUT2D eigenvalue weighted by Crippen LogP contribution is -2.38. The highest BCUT2D eigenvalue weighted by atomic mass is 16.5. The first kappa shape index (κ1) is 16.9. The van der Waals surface area contributed by atoms with Crippen LogP contribution in [0, 0.1) is 0 Å². The Hall–Kier alpha value is -3.19. The van der Waals surface area contributed by atoms with Crippen molar-refractivity contribution in [2.24, 2.45) is 0 Å². The van der Waals surface area contributed by atoms with Crippen LogP contribution in [0.15, 0.2) is 48.9 Å². The molecule has 0 radical (unpaired) electrons. The van der Waals surface area contributed by atoms with E-state index in [4.69, 9.17) is 4.74 Å². The van der Waals surface area contributed by atoms with Crippen LogP contribution in [0.3, 0.4) is 0 Å². The fourth-order valence-electron chi connectivity index (χ4n) is 3.81. The van der Waals surface area contributed by atoms with Crippen LogP contribution in [-0.4, -0.2) is 44.9 Å². The first-order valence-corrected chi connectivity index (χ1v) is 9.52. The van der Waals surface area contributed by atoms with Gasteiger partial charge in [0, 0.05) is 43.6 Å². The topological polar surface area (TPSA) is 84.8 Å². The van der Waals surface area contributed by atoms with Crippen molar-refractivity contribution in [2.45, 2.75) is 25.4 Å². The van der Waals surface area contributed by atoms with Gasteiger partial charge in [-0.1, -0.05) is 6.07 Å². The fourth-order valence-corrected chi connectivity index (χ4v) is 3.81. The summed E-state index contributed by atoms with van der Waals surface area (Å²) in [6.07, 6.45) is 7.16. The van der Waals surface area contributed by atoms with E-state index < -0.39 is 0 Å². The zero-order valence-corrected chi connectivity index (χ0v) is 15.4. The van der Waals surface area contributed by atoms with Gasteiger partial charge in [-0.05, 0) is 42.7 Å². The highest BCUT2D eigenvalue weighted by Crippen LogP contribution is 2.22. The minimum atomic E-state index is -0.0698. The van der Waals surface area contributed by atoms with Gasteiger partial charge in [-0.2, -0.15) is 5.10 Å². The Kier molecular flexibility index (Phi) is 4.29. The number of fused-ring (bicyclic) bond motifs is 2. The molecule has 7 heteroatoms. The molecule has 5 rings (SSSR count). The van der Waals surface area contributed by atoms with Crippen molar-refractivity contribution in [3.63, 3.8) is 0 Å². The third kappa shape index (κ3) is 3.14. The van der Waals surface area contributed by atoms with Crippen molar-refractivity contribution in [1.29, 1.82) is 0 Å². The van der Waals surface area contributed by atoms with Gasteiger partial charge < -0.3 is 14.6 Å². The Morgan fingerprint density at radius 2 is 2.18 bits per heavy atom. The maximum Gasteiger partial charge on any atom is 0.255 e. The Morgan fingerprint density at radius 3 is 3.07 bits per heavy atom. The van der Waals surface area contributed by atoms with Crippen LogP contribution in [-0.2, 0) is 11.3 Å². The second-order valence-electron chi connectivity index (χ2n) is 7.19. The number of H-pyrrole nitrogens is 1. The summed E-state index contributed by atoms with van der Waals surface area (Å²) in [6, 6.07) is 10.3. The molecular weight excluding hydrogens is 354 g/mol. The first-order chi connectivity index (χ1) is 13.8. The zero-order chi connectivity index (χ0) is 18.9. The summed E-state index contributed by atoms with van der Waals surface area (Å²) in [5, 5.41) is 11.3. The van der Waals surface area contributed by atoms with E-state index in [1.165, 1.54) is 0 Å². The van der Waals surface area contributed by atoms with Gasteiger partial charge in [0.1, 0.15) is 5.52 Å². The molecule has 0 aliphatic carbocycles. The van der Waals surface area contributed by atoms with E-state index >= 15 is 0 Å². The van der Waals surface area contributed by atoms with E-state index in [-0.39, 0.29) is 11.9 Å². The molecule has 0 atom stereocenters. The number of nitrogens with zero attached hydrogens (tertiary/aromatic N) is 3. The van der Waals surface area contributed by atoms with Gasteiger partial charge >= 0.3 is 0 Å². The summed E-state index contributed by atoms with van der Waals surface area (Å²) in [6.45, 7) is 2.05. The lowest BCUT2D eigenvalue weighted by atomic mass is 10.1. The van der Waals surface area contributed by atoms with Crippen LogP contribution in [0.2, 0.25) is 0 Å². The molecule has 1 fully saturated rings. The number of carbonyl (C=O) groups excluding carboxylic acids is 1. The Morgan fingerprint density at radius 1 is 1.29 bits per heavy atom. The van der Waals surface area contributed by atoms with Gasteiger partial charge in [0.15, 0.2) is 0 Å². The van der Waals surface area contributed by atoms with E-state index in [0.29, 0.717) is 25.3 Å². The van der Waals surface area contributed by atoms with Crippen molar-refractivity contribution in [3.05, 3.63) is 60.0 Å². The summed E-state index contributed by atoms with van der Waals surface area (Å²) in [5.74, 6) is -0.0698. The number of carbonyl (C=O) groups is 1. The quantitative estimate of drug-likeness (QED) is 0.574. The van der Waals surface area contributed by atoms with Crippen molar-refractivity contribution in [3.8, 4) is 0 Å². The Bertz CT molecular complexity index is 1140. The predicted octanol–water partition coefficient (Wildman–Crippen LogP) is 2.87. The molecule has 3 aromatic heterocycles. The van der Waals surface area contributed by atoms with Crippen LogP contribution in [0.4, 0.5) is 0 Å². The molecule has 1 amide bonds. The number of aromatic amines is 1. The average molecular weight is 375 g/mol. The number of hydrogen-bond acceptors (Lipinski definition) is 4. The van der Waals surface area contributed by atoms with Crippen molar-refractivity contribution < 1.29 is 9.53 Å². The summed E-state index contributed by atoms with van der Waals surface area (Å²) in [4.78, 5) is 17.4. The molecule has 0 spiro atoms. The van der Waals surface area contributed by atoms with Crippen molar-refractivity contribution >= 4 is 27.8 Å². The third-order valence-corrected chi connectivity index (χ3v) is 5.29. The molecule has 0 bridgehead atoms. The normalized spacial score (nSPS) is 15.3. The molecule has 0 unspecified atom stereocenters. The maximum atomic E-state index is 12.9. The monoisotopic (exact) mass is 375 g/mol. The molecule has 1 saturated heterocycles. The largest absolute Gasteiger partial charge is 0.381 e. The zero-order valence-electron chi connectivity index (χ0n) is 15.4. The molecule has 1 aliphatic rings. The summed E-state index contributed by atoms with van der Waals surface area (Å²) in [7, 11) is 0. The van der Waals surface area contributed by atoms with Gasteiger partial charge in [0.25, 0.3) is 5.91 Å². The van der Waals surface area contributed by atoms with E-state index in [1.54, 1.807) is 6.20 Å². The number of nitrogens with one attached hydrogen (secondary N) is 2. The Labute approximate surface area is 161 Å². The second kappa shape index (κ2) is 7.09. The van der Waals surface area contributed by atoms with Crippen LogP contribution in [0.5, 0.6) is 0 Å². The molecule has 4 heterocycles. The summed E-state index contributed by atoms with van der Waals surface area (Å²) >= 11 is 0. The number of hydrogen-bond donors (Lipinski definition) is 2. The molecule has 1 aromatic carbocycles. The van der Waals surface area contributed by atoms with E-state index in [1.807, 2.05) is 30.6 Å². The van der Waals surface area contributed by atoms with Gasteiger partial charge in [-0.15, -0.1) is 0 Å². The van der Waals surface area contributed by atoms with Crippen LogP contribution >= 0.6 is 0 Å². The fraction of sp³-hybridized carbons (Fsp3) is 0.286. The van der Waals surface area contributed by atoms with Gasteiger partial charge in [0.2, 0.25) is 0 Å². The molecule has 28 heavy (non-hydrogen) atoms. The maximum absolute atomic E-state index is 12.9. The van der Waals surface area contributed by atoms with Gasteiger partial charge in [-0.3, -0.25) is 14.9 Å². The SMILES string of the molecule is O=C(NC1CCOCC1)c1cn(Cc2ccc3[nH]ncc3c2)c2cccnc12. The molecule has 4 aromatic rings. The lowest BCUT2D eigenvalue weighted by molar-refractivity contribution is 0.0697. The molecular formula is C21H21N5O2. The van der Waals surface area contributed by atoms with Crippen LogP contribution in [0.25, 0.3) is 21.9 Å². The number of aromatic nitrogens is 4.